The third-order valence-corrected chi connectivity index (χ3v) is 6.10. The van der Waals surface area contributed by atoms with Gasteiger partial charge >= 0.3 is 0 Å². The molecule has 0 atom stereocenters. The van der Waals surface area contributed by atoms with E-state index in [-0.39, 0.29) is 5.56 Å². The zero-order valence-electron chi connectivity index (χ0n) is 19.4. The maximum atomic E-state index is 13.0. The van der Waals surface area contributed by atoms with E-state index in [4.69, 9.17) is 12.2 Å². The number of fused-ring (bicyclic) bond motifs is 1. The van der Waals surface area contributed by atoms with Crippen LogP contribution < -0.4 is 10.9 Å². The molecule has 2 aromatic carbocycles. The first kappa shape index (κ1) is 22.7. The van der Waals surface area contributed by atoms with Crippen LogP contribution in [0.1, 0.15) is 33.4 Å². The standard InChI is InChI=1S/C27H28N4OS/c1-17-7-8-24(19(3)10-17)29-27(33)31(15-21-6-5-9-28-14-21)16-23-13-22-12-18(2)11-20(4)25(22)30-26(23)32/h5-14H,15-16H2,1-4H3,(H,29,33)(H,30,32). The monoisotopic (exact) mass is 456 g/mol. The fraction of sp³-hybridized carbons (Fsp3) is 0.222. The van der Waals surface area contributed by atoms with Crippen molar-refractivity contribution >= 4 is 33.9 Å². The molecule has 0 bridgehead atoms. The first-order valence-corrected chi connectivity index (χ1v) is 11.4. The van der Waals surface area contributed by atoms with Crippen molar-refractivity contribution in [3.05, 3.63) is 105 Å². The quantitative estimate of drug-likeness (QED) is 0.385. The SMILES string of the molecule is Cc1ccc(NC(=S)N(Cc2cccnc2)Cc2cc3cc(C)cc(C)c3[nH]c2=O)c(C)c1. The van der Waals surface area contributed by atoms with Gasteiger partial charge in [-0.05, 0) is 86.3 Å². The molecule has 6 heteroatoms. The van der Waals surface area contributed by atoms with Crippen molar-refractivity contribution in [1.29, 1.82) is 0 Å². The normalized spacial score (nSPS) is 10.9. The molecule has 33 heavy (non-hydrogen) atoms. The third-order valence-electron chi connectivity index (χ3n) is 5.74. The molecule has 4 rings (SSSR count). The summed E-state index contributed by atoms with van der Waals surface area (Å²) in [5.74, 6) is 0. The molecule has 0 aliphatic heterocycles. The van der Waals surface area contributed by atoms with Crippen LogP contribution in [0.2, 0.25) is 0 Å². The Hall–Kier alpha value is -3.51. The summed E-state index contributed by atoms with van der Waals surface area (Å²) in [6.07, 6.45) is 3.57. The van der Waals surface area contributed by atoms with Crippen molar-refractivity contribution in [1.82, 2.24) is 14.9 Å². The maximum absolute atomic E-state index is 13.0. The van der Waals surface area contributed by atoms with E-state index in [2.05, 4.69) is 60.3 Å². The molecule has 0 amide bonds. The van der Waals surface area contributed by atoms with Gasteiger partial charge in [-0.3, -0.25) is 9.78 Å². The first-order valence-electron chi connectivity index (χ1n) is 11.0. The smallest absolute Gasteiger partial charge is 0.253 e. The van der Waals surface area contributed by atoms with Gasteiger partial charge in [-0.15, -0.1) is 0 Å². The fourth-order valence-electron chi connectivity index (χ4n) is 4.11. The number of aryl methyl sites for hydroxylation is 4. The van der Waals surface area contributed by atoms with Crippen molar-refractivity contribution in [2.45, 2.75) is 40.8 Å². The van der Waals surface area contributed by atoms with Crippen LogP contribution in [-0.2, 0) is 13.1 Å². The molecule has 0 unspecified atom stereocenters. The van der Waals surface area contributed by atoms with Crippen LogP contribution in [0.4, 0.5) is 5.69 Å². The molecular weight excluding hydrogens is 428 g/mol. The average molecular weight is 457 g/mol. The van der Waals surface area contributed by atoms with Gasteiger partial charge in [0.1, 0.15) is 0 Å². The predicted octanol–water partition coefficient (Wildman–Crippen LogP) is 5.56. The topological polar surface area (TPSA) is 61.0 Å². The van der Waals surface area contributed by atoms with E-state index < -0.39 is 0 Å². The van der Waals surface area contributed by atoms with Gasteiger partial charge in [-0.25, -0.2) is 0 Å². The number of hydrogen-bond donors (Lipinski definition) is 2. The number of thiocarbonyl (C=S) groups is 1. The van der Waals surface area contributed by atoms with Crippen LogP contribution >= 0.6 is 12.2 Å². The van der Waals surface area contributed by atoms with Crippen molar-refractivity contribution in [3.8, 4) is 0 Å². The molecule has 0 spiro atoms. The summed E-state index contributed by atoms with van der Waals surface area (Å²) in [6.45, 7) is 9.12. The largest absolute Gasteiger partial charge is 0.340 e. The fourth-order valence-corrected chi connectivity index (χ4v) is 4.35. The molecule has 2 aromatic heterocycles. The minimum absolute atomic E-state index is 0.0973. The van der Waals surface area contributed by atoms with Crippen LogP contribution in [-0.4, -0.2) is 20.0 Å². The van der Waals surface area contributed by atoms with E-state index in [1.165, 1.54) is 5.56 Å². The number of hydrogen-bond acceptors (Lipinski definition) is 3. The number of H-pyrrole nitrogens is 1. The van der Waals surface area contributed by atoms with E-state index in [0.29, 0.717) is 23.8 Å². The van der Waals surface area contributed by atoms with Crippen LogP contribution in [0.5, 0.6) is 0 Å². The Morgan fingerprint density at radius 1 is 1.00 bits per heavy atom. The number of pyridine rings is 2. The summed E-state index contributed by atoms with van der Waals surface area (Å²) in [5.41, 5.74) is 7.97. The van der Waals surface area contributed by atoms with E-state index in [9.17, 15) is 4.79 Å². The highest BCUT2D eigenvalue weighted by Gasteiger charge is 2.16. The summed E-state index contributed by atoms with van der Waals surface area (Å²) < 4.78 is 0. The molecule has 2 N–H and O–H groups in total. The summed E-state index contributed by atoms with van der Waals surface area (Å²) >= 11 is 5.81. The Kier molecular flexibility index (Phi) is 6.56. The lowest BCUT2D eigenvalue weighted by molar-refractivity contribution is 0.410. The highest BCUT2D eigenvalue weighted by molar-refractivity contribution is 7.80. The van der Waals surface area contributed by atoms with E-state index in [1.807, 2.05) is 42.3 Å². The lowest BCUT2D eigenvalue weighted by atomic mass is 10.1. The molecule has 4 aromatic rings. The Balaban J connectivity index is 1.68. The lowest BCUT2D eigenvalue weighted by Gasteiger charge is -2.26. The predicted molar refractivity (Wildman–Crippen MR) is 140 cm³/mol. The Bertz CT molecular complexity index is 1380. The number of nitrogens with one attached hydrogen (secondary N) is 2. The highest BCUT2D eigenvalue weighted by atomic mass is 32.1. The van der Waals surface area contributed by atoms with Gasteiger partial charge in [-0.1, -0.05) is 35.4 Å². The second-order valence-electron chi connectivity index (χ2n) is 8.64. The number of benzene rings is 2. The zero-order valence-corrected chi connectivity index (χ0v) is 20.2. The third kappa shape index (κ3) is 5.29. The molecule has 0 aliphatic rings. The number of nitrogens with zero attached hydrogens (tertiary/aromatic N) is 2. The van der Waals surface area contributed by atoms with Crippen molar-refractivity contribution in [3.63, 3.8) is 0 Å². The van der Waals surface area contributed by atoms with E-state index in [0.717, 1.165) is 38.8 Å². The average Bonchev–Trinajstić information content (AvgIpc) is 2.77. The van der Waals surface area contributed by atoms with Crippen molar-refractivity contribution in [2.75, 3.05) is 5.32 Å². The molecule has 0 saturated heterocycles. The maximum Gasteiger partial charge on any atom is 0.253 e. The summed E-state index contributed by atoms with van der Waals surface area (Å²) in [7, 11) is 0. The van der Waals surface area contributed by atoms with Crippen LogP contribution in [0.25, 0.3) is 10.9 Å². The lowest BCUT2D eigenvalue weighted by Crippen LogP contribution is -2.35. The van der Waals surface area contributed by atoms with Crippen LogP contribution in [0.15, 0.2) is 65.7 Å². The molecule has 0 saturated carbocycles. The molecular formula is C27H28N4OS. The van der Waals surface area contributed by atoms with Crippen LogP contribution in [0, 0.1) is 27.7 Å². The summed E-state index contributed by atoms with van der Waals surface area (Å²) in [4.78, 5) is 22.3. The van der Waals surface area contributed by atoms with Gasteiger partial charge in [-0.2, -0.15) is 0 Å². The molecule has 2 heterocycles. The molecule has 0 fully saturated rings. The first-order chi connectivity index (χ1) is 15.8. The molecule has 0 radical (unpaired) electrons. The minimum Gasteiger partial charge on any atom is -0.340 e. The van der Waals surface area contributed by atoms with Gasteiger partial charge in [0.15, 0.2) is 5.11 Å². The van der Waals surface area contributed by atoms with Gasteiger partial charge in [0.25, 0.3) is 5.56 Å². The van der Waals surface area contributed by atoms with Gasteiger partial charge in [0, 0.05) is 30.2 Å². The Morgan fingerprint density at radius 2 is 1.79 bits per heavy atom. The second-order valence-corrected chi connectivity index (χ2v) is 9.02. The van der Waals surface area contributed by atoms with E-state index >= 15 is 0 Å². The van der Waals surface area contributed by atoms with Crippen molar-refractivity contribution < 1.29 is 0 Å². The number of rotatable bonds is 5. The zero-order chi connectivity index (χ0) is 23.5. The summed E-state index contributed by atoms with van der Waals surface area (Å²) in [6, 6.07) is 16.3. The number of anilines is 1. The second kappa shape index (κ2) is 9.55. The Morgan fingerprint density at radius 3 is 2.52 bits per heavy atom. The number of aromatic amines is 1. The van der Waals surface area contributed by atoms with Gasteiger partial charge < -0.3 is 15.2 Å². The molecule has 0 aliphatic carbocycles. The Labute approximate surface area is 199 Å². The summed E-state index contributed by atoms with van der Waals surface area (Å²) in [5, 5.41) is 4.96. The highest BCUT2D eigenvalue weighted by Crippen LogP contribution is 2.21. The van der Waals surface area contributed by atoms with E-state index in [1.54, 1.807) is 6.20 Å². The minimum atomic E-state index is -0.0973. The van der Waals surface area contributed by atoms with Crippen LogP contribution in [0.3, 0.4) is 0 Å². The number of aromatic nitrogens is 2. The molecule has 168 valence electrons. The molecule has 5 nitrogen and oxygen atoms in total. The van der Waals surface area contributed by atoms with Crippen molar-refractivity contribution in [2.24, 2.45) is 0 Å². The van der Waals surface area contributed by atoms with Gasteiger partial charge in [0.2, 0.25) is 0 Å². The van der Waals surface area contributed by atoms with Gasteiger partial charge in [0.05, 0.1) is 12.1 Å².